The summed E-state index contributed by atoms with van der Waals surface area (Å²) in [5.74, 6) is 0.154. The number of carbonyl (C=O) groups excluding carboxylic acids is 1. The Kier molecular flexibility index (Phi) is 4.19. The maximum atomic E-state index is 12.4. The zero-order valence-corrected chi connectivity index (χ0v) is 12.1. The molecule has 1 saturated heterocycles. The largest absolute Gasteiger partial charge is 0.310 e. The summed E-state index contributed by atoms with van der Waals surface area (Å²) in [6.45, 7) is 8.06. The quantitative estimate of drug-likeness (QED) is 0.802. The van der Waals surface area contributed by atoms with Gasteiger partial charge in [-0.05, 0) is 25.1 Å². The van der Waals surface area contributed by atoms with Gasteiger partial charge in [0, 0.05) is 29.8 Å². The molecule has 1 aromatic rings. The van der Waals surface area contributed by atoms with E-state index in [1.54, 1.807) is 0 Å². The minimum Gasteiger partial charge on any atom is -0.310 e. The van der Waals surface area contributed by atoms with E-state index in [1.165, 1.54) is 0 Å². The molecular formula is C14H17BrN2O. The van der Waals surface area contributed by atoms with E-state index >= 15 is 0 Å². The number of hydrogen-bond donors (Lipinski definition) is 0. The zero-order chi connectivity index (χ0) is 13.1. The lowest BCUT2D eigenvalue weighted by Gasteiger charge is -2.38. The van der Waals surface area contributed by atoms with Crippen molar-refractivity contribution < 1.29 is 4.79 Å². The number of halogens is 1. The highest BCUT2D eigenvalue weighted by Crippen LogP contribution is 2.23. The van der Waals surface area contributed by atoms with Crippen molar-refractivity contribution in [3.05, 3.63) is 41.4 Å². The number of carbonyl (C=O) groups is 1. The molecule has 0 bridgehead atoms. The molecule has 0 N–H and O–H groups in total. The Labute approximate surface area is 116 Å². The highest BCUT2D eigenvalue weighted by atomic mass is 79.9. The predicted octanol–water partition coefficient (Wildman–Crippen LogP) is 2.67. The van der Waals surface area contributed by atoms with Gasteiger partial charge in [-0.25, -0.2) is 0 Å². The van der Waals surface area contributed by atoms with Crippen molar-refractivity contribution in [1.82, 2.24) is 4.90 Å². The molecule has 1 aliphatic rings. The van der Waals surface area contributed by atoms with E-state index in [1.807, 2.05) is 42.2 Å². The third-order valence-electron chi connectivity index (χ3n) is 3.27. The third-order valence-corrected chi connectivity index (χ3v) is 3.76. The van der Waals surface area contributed by atoms with E-state index in [4.69, 9.17) is 0 Å². The van der Waals surface area contributed by atoms with Crippen LogP contribution in [-0.4, -0.2) is 36.5 Å². The molecule has 4 heteroatoms. The molecule has 18 heavy (non-hydrogen) atoms. The molecule has 96 valence electrons. The first kappa shape index (κ1) is 13.3. The van der Waals surface area contributed by atoms with Gasteiger partial charge in [-0.15, -0.1) is 6.58 Å². The van der Waals surface area contributed by atoms with Crippen molar-refractivity contribution >= 4 is 27.5 Å². The Morgan fingerprint density at radius 2 is 2.28 bits per heavy atom. The van der Waals surface area contributed by atoms with Gasteiger partial charge in [0.2, 0.25) is 5.91 Å². The summed E-state index contributed by atoms with van der Waals surface area (Å²) in [5, 5.41) is 0. The van der Waals surface area contributed by atoms with Crippen molar-refractivity contribution in [2.45, 2.75) is 13.0 Å². The second-order valence-corrected chi connectivity index (χ2v) is 5.35. The maximum Gasteiger partial charge on any atom is 0.244 e. The highest BCUT2D eigenvalue weighted by molar-refractivity contribution is 9.10. The van der Waals surface area contributed by atoms with E-state index in [2.05, 4.69) is 27.4 Å². The average molecular weight is 309 g/mol. The lowest BCUT2D eigenvalue weighted by atomic mass is 10.1. The molecule has 1 aromatic carbocycles. The first-order chi connectivity index (χ1) is 8.63. The lowest BCUT2D eigenvalue weighted by molar-refractivity contribution is -0.124. The minimum atomic E-state index is -0.0873. The number of nitrogens with zero attached hydrogens (tertiary/aromatic N) is 2. The van der Waals surface area contributed by atoms with Gasteiger partial charge in [-0.2, -0.15) is 0 Å². The molecule has 1 heterocycles. The van der Waals surface area contributed by atoms with Crippen LogP contribution in [0.1, 0.15) is 6.92 Å². The SMILES string of the molecule is C=CCN1CCN(c2cccc(Br)c2)C(=O)C1C. The fourth-order valence-electron chi connectivity index (χ4n) is 2.23. The van der Waals surface area contributed by atoms with Crippen LogP contribution in [0.2, 0.25) is 0 Å². The van der Waals surface area contributed by atoms with Crippen LogP contribution in [0.15, 0.2) is 41.4 Å². The monoisotopic (exact) mass is 308 g/mol. The molecule has 0 radical (unpaired) electrons. The smallest absolute Gasteiger partial charge is 0.244 e. The first-order valence-corrected chi connectivity index (χ1v) is 6.84. The van der Waals surface area contributed by atoms with Crippen LogP contribution in [0.3, 0.4) is 0 Å². The topological polar surface area (TPSA) is 23.6 Å². The van der Waals surface area contributed by atoms with Crippen LogP contribution in [0.25, 0.3) is 0 Å². The van der Waals surface area contributed by atoms with Crippen molar-refractivity contribution in [2.24, 2.45) is 0 Å². The fourth-order valence-corrected chi connectivity index (χ4v) is 2.62. The van der Waals surface area contributed by atoms with E-state index in [9.17, 15) is 4.79 Å². The molecule has 1 atom stereocenters. The summed E-state index contributed by atoms with van der Waals surface area (Å²) in [6.07, 6.45) is 1.85. The Bertz CT molecular complexity index is 461. The summed E-state index contributed by atoms with van der Waals surface area (Å²) in [7, 11) is 0. The van der Waals surface area contributed by atoms with Crippen LogP contribution in [0, 0.1) is 0 Å². The second-order valence-electron chi connectivity index (χ2n) is 4.43. The Balaban J connectivity index is 2.17. The van der Waals surface area contributed by atoms with Gasteiger partial charge in [0.25, 0.3) is 0 Å². The number of benzene rings is 1. The van der Waals surface area contributed by atoms with E-state index in [-0.39, 0.29) is 11.9 Å². The number of piperazine rings is 1. The second kappa shape index (κ2) is 5.67. The first-order valence-electron chi connectivity index (χ1n) is 6.05. The Morgan fingerprint density at radius 1 is 1.50 bits per heavy atom. The summed E-state index contributed by atoms with van der Waals surface area (Å²) >= 11 is 3.44. The van der Waals surface area contributed by atoms with Crippen LogP contribution in [0.5, 0.6) is 0 Å². The van der Waals surface area contributed by atoms with Crippen molar-refractivity contribution in [2.75, 3.05) is 24.5 Å². The number of anilines is 1. The van der Waals surface area contributed by atoms with E-state index < -0.39 is 0 Å². The molecule has 1 fully saturated rings. The standard InChI is InChI=1S/C14H17BrN2O/c1-3-7-16-8-9-17(14(18)11(16)2)13-6-4-5-12(15)10-13/h3-6,10-11H,1,7-9H2,2H3. The van der Waals surface area contributed by atoms with Gasteiger partial charge in [-0.3, -0.25) is 9.69 Å². The molecular weight excluding hydrogens is 292 g/mol. The maximum absolute atomic E-state index is 12.4. The van der Waals surface area contributed by atoms with Crippen LogP contribution >= 0.6 is 15.9 Å². The fraction of sp³-hybridized carbons (Fsp3) is 0.357. The molecule has 1 aliphatic heterocycles. The zero-order valence-electron chi connectivity index (χ0n) is 10.5. The normalized spacial score (nSPS) is 21.1. The lowest BCUT2D eigenvalue weighted by Crippen LogP contribution is -2.55. The molecule has 2 rings (SSSR count). The van der Waals surface area contributed by atoms with Crippen molar-refractivity contribution in [1.29, 1.82) is 0 Å². The van der Waals surface area contributed by atoms with E-state index in [0.717, 1.165) is 29.8 Å². The number of amides is 1. The van der Waals surface area contributed by atoms with Crippen molar-refractivity contribution in [3.8, 4) is 0 Å². The molecule has 0 saturated carbocycles. The van der Waals surface area contributed by atoms with Crippen molar-refractivity contribution in [3.63, 3.8) is 0 Å². The Hall–Kier alpha value is -1.13. The summed E-state index contributed by atoms with van der Waals surface area (Å²) in [6, 6.07) is 7.78. The summed E-state index contributed by atoms with van der Waals surface area (Å²) in [5.41, 5.74) is 0.958. The summed E-state index contributed by atoms with van der Waals surface area (Å²) < 4.78 is 0.994. The molecule has 0 aliphatic carbocycles. The summed E-state index contributed by atoms with van der Waals surface area (Å²) in [4.78, 5) is 16.4. The highest BCUT2D eigenvalue weighted by Gasteiger charge is 2.31. The van der Waals surface area contributed by atoms with E-state index in [0.29, 0.717) is 0 Å². The molecule has 1 unspecified atom stereocenters. The number of rotatable bonds is 3. The molecule has 0 aromatic heterocycles. The predicted molar refractivity (Wildman–Crippen MR) is 77.7 cm³/mol. The molecule has 3 nitrogen and oxygen atoms in total. The van der Waals surface area contributed by atoms with Crippen LogP contribution in [-0.2, 0) is 4.79 Å². The van der Waals surface area contributed by atoms with Crippen LogP contribution < -0.4 is 4.90 Å². The van der Waals surface area contributed by atoms with Gasteiger partial charge < -0.3 is 4.90 Å². The number of hydrogen-bond acceptors (Lipinski definition) is 2. The Morgan fingerprint density at radius 3 is 2.94 bits per heavy atom. The third kappa shape index (κ3) is 2.65. The molecule has 0 spiro atoms. The van der Waals surface area contributed by atoms with Gasteiger partial charge >= 0.3 is 0 Å². The van der Waals surface area contributed by atoms with Gasteiger partial charge in [0.1, 0.15) is 0 Å². The average Bonchev–Trinajstić information content (AvgIpc) is 2.35. The van der Waals surface area contributed by atoms with Crippen LogP contribution in [0.4, 0.5) is 5.69 Å². The van der Waals surface area contributed by atoms with Gasteiger partial charge in [0.05, 0.1) is 6.04 Å². The van der Waals surface area contributed by atoms with Gasteiger partial charge in [-0.1, -0.05) is 28.1 Å². The minimum absolute atomic E-state index is 0.0873. The van der Waals surface area contributed by atoms with Gasteiger partial charge in [0.15, 0.2) is 0 Å². The molecule has 1 amide bonds.